The molecule has 0 unspecified atom stereocenters. The number of nitrogens with zero attached hydrogens (tertiary/aromatic N) is 3. The van der Waals surface area contributed by atoms with Crippen molar-refractivity contribution in [3.8, 4) is 11.4 Å². The van der Waals surface area contributed by atoms with Gasteiger partial charge in [-0.15, -0.1) is 10.2 Å². The topological polar surface area (TPSA) is 109 Å². The van der Waals surface area contributed by atoms with Gasteiger partial charge in [-0.05, 0) is 42.5 Å². The quantitative estimate of drug-likeness (QED) is 0.230. The van der Waals surface area contributed by atoms with Crippen molar-refractivity contribution < 1.29 is 19.1 Å². The number of aromatic hydroxyl groups is 1. The van der Waals surface area contributed by atoms with Crippen LogP contribution >= 0.6 is 11.3 Å². The Morgan fingerprint density at radius 2 is 1.67 bits per heavy atom. The number of carbonyl (C=O) groups is 2. The number of fused-ring (bicyclic) bond motifs is 1. The first-order valence-electron chi connectivity index (χ1n) is 11.6. The number of amides is 2. The van der Waals surface area contributed by atoms with E-state index in [0.29, 0.717) is 17.1 Å². The molecule has 10 heteroatoms. The molecule has 0 fully saturated rings. The molecule has 8 nitrogen and oxygen atoms in total. The van der Waals surface area contributed by atoms with Gasteiger partial charge in [0.2, 0.25) is 16.9 Å². The molecular formula is C26H24FN5O3S. The molecule has 5 rings (SSSR count). The lowest BCUT2D eigenvalue weighted by Crippen LogP contribution is -2.17. The predicted molar refractivity (Wildman–Crippen MR) is 135 cm³/mol. The van der Waals surface area contributed by atoms with Crippen LogP contribution in [0.4, 0.5) is 15.3 Å². The van der Waals surface area contributed by atoms with Crippen molar-refractivity contribution in [1.82, 2.24) is 14.8 Å². The second-order valence-electron chi connectivity index (χ2n) is 8.63. The van der Waals surface area contributed by atoms with E-state index >= 15 is 0 Å². The van der Waals surface area contributed by atoms with Crippen LogP contribution in [0, 0.1) is 5.82 Å². The molecule has 36 heavy (non-hydrogen) atoms. The fraction of sp³-hybridized carbons (Fsp3) is 0.231. The first kappa shape index (κ1) is 23.7. The molecule has 0 atom stereocenters. The second-order valence-corrected chi connectivity index (χ2v) is 9.69. The molecule has 184 valence electrons. The summed E-state index contributed by atoms with van der Waals surface area (Å²) in [6.45, 7) is 0. The molecule has 2 aliphatic heterocycles. The molecule has 2 aliphatic rings. The number of aryl methyl sites for hydroxylation is 2. The Bertz CT molecular complexity index is 1420. The van der Waals surface area contributed by atoms with E-state index in [2.05, 4.69) is 25.4 Å². The molecular weight excluding hydrogens is 481 g/mol. The van der Waals surface area contributed by atoms with Gasteiger partial charge in [0.1, 0.15) is 10.8 Å². The number of rotatable bonds is 11. The monoisotopic (exact) mass is 505 g/mol. The van der Waals surface area contributed by atoms with Crippen LogP contribution in [0.2, 0.25) is 0 Å². The van der Waals surface area contributed by atoms with E-state index in [0.717, 1.165) is 48.1 Å². The lowest BCUT2D eigenvalue weighted by Gasteiger charge is -2.08. The van der Waals surface area contributed by atoms with Gasteiger partial charge in [-0.3, -0.25) is 14.2 Å². The first-order valence-corrected chi connectivity index (χ1v) is 12.5. The minimum atomic E-state index is -0.723. The van der Waals surface area contributed by atoms with Gasteiger partial charge in [0.25, 0.3) is 0 Å². The van der Waals surface area contributed by atoms with Crippen molar-refractivity contribution >= 4 is 34.1 Å². The van der Waals surface area contributed by atoms with Crippen LogP contribution in [0.5, 0.6) is 5.75 Å². The fourth-order valence-electron chi connectivity index (χ4n) is 4.06. The summed E-state index contributed by atoms with van der Waals surface area (Å²) in [6.07, 6.45) is 3.95. The zero-order chi connectivity index (χ0) is 25.1. The highest BCUT2D eigenvalue weighted by Crippen LogP contribution is 2.41. The van der Waals surface area contributed by atoms with E-state index in [1.54, 1.807) is 0 Å². The van der Waals surface area contributed by atoms with Crippen LogP contribution < -0.4 is 10.6 Å². The van der Waals surface area contributed by atoms with Crippen molar-refractivity contribution in [1.29, 1.82) is 0 Å². The van der Waals surface area contributed by atoms with Crippen molar-refractivity contribution in [3.05, 3.63) is 82.2 Å². The van der Waals surface area contributed by atoms with E-state index in [9.17, 15) is 19.1 Å². The highest BCUT2D eigenvalue weighted by Gasteiger charge is 2.30. The number of hydrogen-bond acceptors (Lipinski definition) is 6. The van der Waals surface area contributed by atoms with Crippen molar-refractivity contribution in [3.63, 3.8) is 0 Å². The average Bonchev–Trinajstić information content (AvgIpc) is 3.16. The lowest BCUT2D eigenvalue weighted by atomic mass is 10.1. The normalized spacial score (nSPS) is 11.4. The highest BCUT2D eigenvalue weighted by atomic mass is 32.1. The molecule has 3 aromatic rings. The zero-order valence-electron chi connectivity index (χ0n) is 19.3. The van der Waals surface area contributed by atoms with Gasteiger partial charge >= 0.3 is 0 Å². The third-order valence-corrected chi connectivity index (χ3v) is 6.79. The SMILES string of the molecule is O=C(Cc1ccc(F)c(O)c1)Nc1nnc(CCCCc2c3cc(NC(=O)Cc4ccccc4)n2-3)s1. The number of hydrogen-bond donors (Lipinski definition) is 3. The number of carbonyl (C=O) groups excluding carboxylic acids is 2. The van der Waals surface area contributed by atoms with E-state index in [1.807, 2.05) is 36.4 Å². The van der Waals surface area contributed by atoms with Gasteiger partial charge in [-0.25, -0.2) is 4.39 Å². The molecule has 0 spiro atoms. The smallest absolute Gasteiger partial charge is 0.230 e. The number of phenolic OH excluding ortho intramolecular Hbond substituents is 1. The predicted octanol–water partition coefficient (Wildman–Crippen LogP) is 4.41. The largest absolute Gasteiger partial charge is 0.505 e. The summed E-state index contributed by atoms with van der Waals surface area (Å²) in [4.78, 5) is 24.4. The van der Waals surface area contributed by atoms with Crippen LogP contribution in [0.3, 0.4) is 0 Å². The summed E-state index contributed by atoms with van der Waals surface area (Å²) in [5.41, 5.74) is 3.94. The lowest BCUT2D eigenvalue weighted by molar-refractivity contribution is -0.116. The molecule has 1 aromatic heterocycles. The van der Waals surface area contributed by atoms with Crippen LogP contribution in [0.25, 0.3) is 5.69 Å². The van der Waals surface area contributed by atoms with E-state index in [-0.39, 0.29) is 18.2 Å². The van der Waals surface area contributed by atoms with Gasteiger partial charge in [-0.2, -0.15) is 0 Å². The van der Waals surface area contributed by atoms with E-state index in [4.69, 9.17) is 0 Å². The zero-order valence-corrected chi connectivity index (χ0v) is 20.1. The highest BCUT2D eigenvalue weighted by molar-refractivity contribution is 7.15. The minimum Gasteiger partial charge on any atom is -0.505 e. The molecule has 3 heterocycles. The van der Waals surface area contributed by atoms with Crippen LogP contribution in [0.15, 0.2) is 54.6 Å². The van der Waals surface area contributed by atoms with Crippen molar-refractivity contribution in [2.75, 3.05) is 10.6 Å². The maximum Gasteiger partial charge on any atom is 0.230 e. The number of aromatic nitrogens is 3. The fourth-order valence-corrected chi connectivity index (χ4v) is 4.85. The van der Waals surface area contributed by atoms with E-state index < -0.39 is 11.6 Å². The summed E-state index contributed by atoms with van der Waals surface area (Å²) >= 11 is 1.33. The third kappa shape index (κ3) is 5.60. The van der Waals surface area contributed by atoms with Gasteiger partial charge in [-0.1, -0.05) is 47.7 Å². The Hall–Kier alpha value is -4.05. The van der Waals surface area contributed by atoms with E-state index in [1.165, 1.54) is 34.9 Å². The number of nitrogens with one attached hydrogen (secondary N) is 2. The molecule has 0 aliphatic carbocycles. The number of benzene rings is 2. The van der Waals surface area contributed by atoms with Gasteiger partial charge in [0.05, 0.1) is 18.5 Å². The molecule has 3 N–H and O–H groups in total. The molecule has 0 bridgehead atoms. The summed E-state index contributed by atoms with van der Waals surface area (Å²) in [5, 5.41) is 24.5. The summed E-state index contributed by atoms with van der Waals surface area (Å²) in [6, 6.07) is 15.5. The Kier molecular flexibility index (Phi) is 6.77. The Labute approximate surface area is 210 Å². The van der Waals surface area contributed by atoms with Crippen molar-refractivity contribution in [2.24, 2.45) is 0 Å². The number of anilines is 2. The maximum absolute atomic E-state index is 13.1. The van der Waals surface area contributed by atoms with Crippen LogP contribution in [-0.2, 0) is 35.3 Å². The molecule has 2 aromatic carbocycles. The second kappa shape index (κ2) is 10.3. The number of unbranched alkanes of at least 4 members (excludes halogenated alkanes) is 1. The van der Waals surface area contributed by atoms with Crippen LogP contribution in [-0.4, -0.2) is 31.7 Å². The summed E-state index contributed by atoms with van der Waals surface area (Å²) in [5.74, 6) is -0.687. The van der Waals surface area contributed by atoms with Gasteiger partial charge in [0, 0.05) is 18.2 Å². The van der Waals surface area contributed by atoms with Gasteiger partial charge < -0.3 is 15.7 Å². The Balaban J connectivity index is 1.02. The summed E-state index contributed by atoms with van der Waals surface area (Å²) in [7, 11) is 0. The standard InChI is InChI=1S/C26H24FN5O3S/c27-18-11-10-17(12-21(18)33)14-24(35)29-26-31-30-25(36-26)9-5-4-8-19-20-15-22(32(19)20)28-23(34)13-16-6-2-1-3-7-16/h1-3,6-7,10-12,15,33H,4-5,8-9,13-14H2,(H,28,34)(H,29,31,35). The minimum absolute atomic E-state index is 0.000564. The van der Waals surface area contributed by atoms with Crippen molar-refractivity contribution in [2.45, 2.75) is 38.5 Å². The van der Waals surface area contributed by atoms with Gasteiger partial charge in [0.15, 0.2) is 11.6 Å². The Morgan fingerprint density at radius 3 is 2.47 bits per heavy atom. The Morgan fingerprint density at radius 1 is 0.917 bits per heavy atom. The molecule has 0 saturated heterocycles. The van der Waals surface area contributed by atoms with Crippen LogP contribution in [0.1, 0.15) is 34.7 Å². The molecule has 0 saturated carbocycles. The number of phenols is 1. The number of halogens is 1. The summed E-state index contributed by atoms with van der Waals surface area (Å²) < 4.78 is 15.2. The molecule has 0 radical (unpaired) electrons. The average molecular weight is 506 g/mol. The molecule has 2 amide bonds. The first-order chi connectivity index (χ1) is 17.5. The third-order valence-electron chi connectivity index (χ3n) is 5.89. The maximum atomic E-state index is 13.1.